The highest BCUT2D eigenvalue weighted by Gasteiger charge is 2.33. The topological polar surface area (TPSA) is 73.9 Å². The quantitative estimate of drug-likeness (QED) is 0.573. The van der Waals surface area contributed by atoms with Crippen molar-refractivity contribution in [2.75, 3.05) is 50.6 Å². The Labute approximate surface area is 149 Å². The normalized spacial score (nSPS) is 12.4. The summed E-state index contributed by atoms with van der Waals surface area (Å²) in [5, 5.41) is -0.507. The second-order valence-corrected chi connectivity index (χ2v) is 7.08. The Morgan fingerprint density at radius 1 is 1.08 bits per heavy atom. The van der Waals surface area contributed by atoms with Gasteiger partial charge in [0.2, 0.25) is 10.0 Å². The Kier molecular flexibility index (Phi) is 8.94. The fourth-order valence-electron chi connectivity index (χ4n) is 1.67. The van der Waals surface area contributed by atoms with E-state index in [2.05, 4.69) is 4.72 Å². The van der Waals surface area contributed by atoms with Crippen LogP contribution in [0.15, 0.2) is 18.2 Å². The molecule has 0 saturated heterocycles. The number of benzene rings is 1. The first kappa shape index (κ1) is 22.0. The van der Waals surface area contributed by atoms with E-state index in [4.69, 9.17) is 25.8 Å². The van der Waals surface area contributed by atoms with E-state index < -0.39 is 32.5 Å². The lowest BCUT2D eigenvalue weighted by atomic mass is 10.2. The third-order valence-corrected chi connectivity index (χ3v) is 4.43. The maximum Gasteiger partial charge on any atom is 0.417 e. The first-order valence-electron chi connectivity index (χ1n) is 7.17. The molecule has 0 aliphatic heterocycles. The number of anilines is 1. The van der Waals surface area contributed by atoms with Gasteiger partial charge in [0.05, 0.1) is 49.4 Å². The molecule has 0 aliphatic carbocycles. The number of hydrogen-bond donors (Lipinski definition) is 1. The zero-order valence-electron chi connectivity index (χ0n) is 13.4. The van der Waals surface area contributed by atoms with Crippen molar-refractivity contribution in [1.29, 1.82) is 0 Å². The highest BCUT2D eigenvalue weighted by molar-refractivity contribution is 7.92. The molecule has 0 aliphatic rings. The van der Waals surface area contributed by atoms with Gasteiger partial charge in [-0.05, 0) is 18.2 Å². The molecule has 11 heteroatoms. The molecule has 0 heterocycles. The molecule has 0 amide bonds. The van der Waals surface area contributed by atoms with E-state index in [-0.39, 0.29) is 25.5 Å². The lowest BCUT2D eigenvalue weighted by Gasteiger charge is -2.13. The molecule has 0 atom stereocenters. The van der Waals surface area contributed by atoms with Crippen molar-refractivity contribution >= 4 is 27.3 Å². The number of rotatable bonds is 11. The fraction of sp³-hybridized carbons (Fsp3) is 0.571. The number of methoxy groups -OCH3 is 1. The highest BCUT2D eigenvalue weighted by Crippen LogP contribution is 2.36. The van der Waals surface area contributed by atoms with Crippen molar-refractivity contribution in [3.63, 3.8) is 0 Å². The van der Waals surface area contributed by atoms with Crippen molar-refractivity contribution in [3.05, 3.63) is 28.8 Å². The molecule has 1 rings (SSSR count). The first-order chi connectivity index (χ1) is 11.7. The Morgan fingerprint density at radius 3 is 2.28 bits per heavy atom. The summed E-state index contributed by atoms with van der Waals surface area (Å²) in [6.07, 6.45) is -4.68. The average molecular weight is 406 g/mol. The van der Waals surface area contributed by atoms with Gasteiger partial charge in [0.1, 0.15) is 0 Å². The van der Waals surface area contributed by atoms with E-state index in [1.807, 2.05) is 0 Å². The molecular weight excluding hydrogens is 387 g/mol. The summed E-state index contributed by atoms with van der Waals surface area (Å²) in [6.45, 7) is 1.20. The van der Waals surface area contributed by atoms with Gasteiger partial charge in [-0.1, -0.05) is 11.6 Å². The third kappa shape index (κ3) is 8.73. The number of sulfonamides is 1. The zero-order valence-corrected chi connectivity index (χ0v) is 15.0. The predicted molar refractivity (Wildman–Crippen MR) is 87.4 cm³/mol. The molecule has 1 aromatic carbocycles. The number of halogens is 4. The Hall–Kier alpha value is -1.07. The summed E-state index contributed by atoms with van der Waals surface area (Å²) >= 11 is 5.48. The molecule has 1 N–H and O–H groups in total. The second kappa shape index (κ2) is 10.2. The van der Waals surface area contributed by atoms with Crippen LogP contribution in [0.3, 0.4) is 0 Å². The van der Waals surface area contributed by atoms with Crippen LogP contribution in [0.25, 0.3) is 0 Å². The SMILES string of the molecule is COCCOCCOCCS(=O)(=O)Nc1ccc(Cl)c(C(F)(F)F)c1. The lowest BCUT2D eigenvalue weighted by molar-refractivity contribution is -0.137. The molecule has 144 valence electrons. The fourth-order valence-corrected chi connectivity index (χ4v) is 2.82. The van der Waals surface area contributed by atoms with Crippen LogP contribution in [0.4, 0.5) is 18.9 Å². The van der Waals surface area contributed by atoms with E-state index in [0.717, 1.165) is 12.1 Å². The van der Waals surface area contributed by atoms with Crippen LogP contribution in [0, 0.1) is 0 Å². The maximum absolute atomic E-state index is 12.8. The molecule has 25 heavy (non-hydrogen) atoms. The van der Waals surface area contributed by atoms with Crippen LogP contribution in [-0.4, -0.2) is 54.3 Å². The van der Waals surface area contributed by atoms with E-state index >= 15 is 0 Å². The largest absolute Gasteiger partial charge is 0.417 e. The minimum absolute atomic E-state index is 0.122. The molecule has 0 aromatic heterocycles. The van der Waals surface area contributed by atoms with Gasteiger partial charge in [0.25, 0.3) is 0 Å². The Morgan fingerprint density at radius 2 is 1.68 bits per heavy atom. The van der Waals surface area contributed by atoms with Crippen molar-refractivity contribution in [2.24, 2.45) is 0 Å². The lowest BCUT2D eigenvalue weighted by Crippen LogP contribution is -2.21. The van der Waals surface area contributed by atoms with Crippen LogP contribution in [0.2, 0.25) is 5.02 Å². The van der Waals surface area contributed by atoms with Crippen molar-refractivity contribution in [1.82, 2.24) is 0 Å². The van der Waals surface area contributed by atoms with Gasteiger partial charge in [-0.25, -0.2) is 8.42 Å². The molecule has 0 radical (unpaired) electrons. The van der Waals surface area contributed by atoms with Crippen LogP contribution in [-0.2, 0) is 30.4 Å². The predicted octanol–water partition coefficient (Wildman–Crippen LogP) is 2.78. The van der Waals surface area contributed by atoms with Crippen LogP contribution < -0.4 is 4.72 Å². The summed E-state index contributed by atoms with van der Waals surface area (Å²) in [5.41, 5.74) is -1.33. The Balaban J connectivity index is 2.45. The van der Waals surface area contributed by atoms with Crippen molar-refractivity contribution < 1.29 is 35.8 Å². The summed E-state index contributed by atoms with van der Waals surface area (Å²) < 4.78 is 79.1. The summed E-state index contributed by atoms with van der Waals surface area (Å²) in [7, 11) is -2.32. The summed E-state index contributed by atoms with van der Waals surface area (Å²) in [6, 6.07) is 2.78. The standard InChI is InChI=1S/C14H19ClF3NO5S/c1-22-4-5-23-6-7-24-8-9-25(20,21)19-11-2-3-13(15)12(10-11)14(16,17)18/h2-3,10,19H,4-9H2,1H3. The number of nitrogens with one attached hydrogen (secondary N) is 1. The van der Waals surface area contributed by atoms with E-state index in [1.54, 1.807) is 0 Å². The van der Waals surface area contributed by atoms with Crippen LogP contribution >= 0.6 is 11.6 Å². The first-order valence-corrected chi connectivity index (χ1v) is 9.20. The van der Waals surface area contributed by atoms with Crippen molar-refractivity contribution in [2.45, 2.75) is 6.18 Å². The van der Waals surface area contributed by atoms with Gasteiger partial charge in [0.15, 0.2) is 0 Å². The van der Waals surface area contributed by atoms with Gasteiger partial charge in [-0.2, -0.15) is 13.2 Å². The van der Waals surface area contributed by atoms with E-state index in [0.29, 0.717) is 19.3 Å². The van der Waals surface area contributed by atoms with Gasteiger partial charge < -0.3 is 14.2 Å². The van der Waals surface area contributed by atoms with Crippen LogP contribution in [0.1, 0.15) is 5.56 Å². The maximum atomic E-state index is 12.8. The third-order valence-electron chi connectivity index (χ3n) is 2.85. The van der Waals surface area contributed by atoms with Gasteiger partial charge >= 0.3 is 6.18 Å². The number of alkyl halides is 3. The van der Waals surface area contributed by atoms with E-state index in [9.17, 15) is 21.6 Å². The summed E-state index contributed by atoms with van der Waals surface area (Å²) in [4.78, 5) is 0. The van der Waals surface area contributed by atoms with Gasteiger partial charge in [0, 0.05) is 12.8 Å². The monoisotopic (exact) mass is 405 g/mol. The average Bonchev–Trinajstić information content (AvgIpc) is 2.50. The van der Waals surface area contributed by atoms with Gasteiger partial charge in [-0.15, -0.1) is 0 Å². The molecule has 1 aromatic rings. The van der Waals surface area contributed by atoms with Gasteiger partial charge in [-0.3, -0.25) is 4.72 Å². The molecule has 0 fully saturated rings. The summed E-state index contributed by atoms with van der Waals surface area (Å²) in [5.74, 6) is -0.408. The second-order valence-electron chi connectivity index (χ2n) is 4.83. The number of ether oxygens (including phenoxy) is 3. The zero-order chi connectivity index (χ0) is 18.9. The van der Waals surface area contributed by atoms with E-state index in [1.165, 1.54) is 7.11 Å². The molecule has 0 spiro atoms. The minimum atomic E-state index is -4.68. The molecule has 0 unspecified atom stereocenters. The number of hydrogen-bond acceptors (Lipinski definition) is 5. The smallest absolute Gasteiger partial charge is 0.382 e. The molecule has 6 nitrogen and oxygen atoms in total. The minimum Gasteiger partial charge on any atom is -0.382 e. The van der Waals surface area contributed by atoms with Crippen molar-refractivity contribution in [3.8, 4) is 0 Å². The highest BCUT2D eigenvalue weighted by atomic mass is 35.5. The molecule has 0 saturated carbocycles. The Bertz CT molecular complexity index is 640. The molecule has 0 bridgehead atoms. The van der Waals surface area contributed by atoms with Crippen LogP contribution in [0.5, 0.6) is 0 Å². The molecular formula is C14H19ClF3NO5S.